The van der Waals surface area contributed by atoms with Crippen LogP contribution in [0.5, 0.6) is 5.75 Å². The number of carbonyl (C=O) groups excluding carboxylic acids is 1. The summed E-state index contributed by atoms with van der Waals surface area (Å²) < 4.78 is 0. The van der Waals surface area contributed by atoms with Gasteiger partial charge in [-0.15, -0.1) is 0 Å². The number of nitrogen functional groups attached to an aromatic ring is 1. The molecule has 0 saturated carbocycles. The van der Waals surface area contributed by atoms with E-state index in [0.717, 1.165) is 11.1 Å². The number of nitrogens with two attached hydrogens (primary N) is 1. The molecule has 3 nitrogen and oxygen atoms in total. The van der Waals surface area contributed by atoms with Crippen molar-refractivity contribution in [2.24, 2.45) is 0 Å². The Morgan fingerprint density at radius 3 is 1.62 bits per heavy atom. The van der Waals surface area contributed by atoms with Crippen molar-refractivity contribution >= 4 is 11.5 Å². The first-order valence-corrected chi connectivity index (χ1v) is 8.19. The van der Waals surface area contributed by atoms with E-state index in [1.165, 1.54) is 0 Å². The van der Waals surface area contributed by atoms with Crippen molar-refractivity contribution in [2.45, 2.75) is 52.4 Å². The van der Waals surface area contributed by atoms with Crippen molar-refractivity contribution in [1.82, 2.24) is 0 Å². The molecule has 0 radical (unpaired) electrons. The fourth-order valence-electron chi connectivity index (χ4n) is 2.71. The molecule has 2 rings (SSSR count). The molecule has 0 bridgehead atoms. The van der Waals surface area contributed by atoms with E-state index in [1.54, 1.807) is 24.3 Å². The van der Waals surface area contributed by atoms with Crippen LogP contribution in [0, 0.1) is 0 Å². The van der Waals surface area contributed by atoms with Crippen LogP contribution < -0.4 is 5.73 Å². The van der Waals surface area contributed by atoms with Gasteiger partial charge < -0.3 is 10.8 Å². The van der Waals surface area contributed by atoms with Gasteiger partial charge in [0.05, 0.1) is 0 Å². The van der Waals surface area contributed by atoms with Crippen LogP contribution in [0.2, 0.25) is 0 Å². The summed E-state index contributed by atoms with van der Waals surface area (Å²) in [5.74, 6) is 0.217. The van der Waals surface area contributed by atoms with E-state index >= 15 is 0 Å². The van der Waals surface area contributed by atoms with Gasteiger partial charge in [0.2, 0.25) is 0 Å². The zero-order valence-corrected chi connectivity index (χ0v) is 15.4. The number of ketones is 1. The quantitative estimate of drug-likeness (QED) is 0.616. The van der Waals surface area contributed by atoms with E-state index in [-0.39, 0.29) is 22.4 Å². The van der Waals surface area contributed by atoms with E-state index < -0.39 is 0 Å². The molecular formula is C21H27NO2. The molecule has 3 N–H and O–H groups in total. The smallest absolute Gasteiger partial charge is 0.193 e. The summed E-state index contributed by atoms with van der Waals surface area (Å²) in [5.41, 5.74) is 8.56. The van der Waals surface area contributed by atoms with Gasteiger partial charge in [-0.1, -0.05) is 41.5 Å². The van der Waals surface area contributed by atoms with E-state index in [1.807, 2.05) is 53.7 Å². The standard InChI is InChI=1S/C21H27NO2/c1-20(2,3)16-11-14(12-17(19(16)24)21(4,5)6)18(23)13-7-9-15(22)10-8-13/h7-12,24H,22H2,1-6H3. The molecule has 0 aliphatic heterocycles. The number of carbonyl (C=O) groups is 1. The number of anilines is 1. The number of hydrogen-bond acceptors (Lipinski definition) is 3. The minimum Gasteiger partial charge on any atom is -0.507 e. The second-order valence-corrected chi connectivity index (χ2v) is 8.37. The largest absolute Gasteiger partial charge is 0.507 e. The van der Waals surface area contributed by atoms with E-state index in [2.05, 4.69) is 0 Å². The number of benzene rings is 2. The Morgan fingerprint density at radius 1 is 0.833 bits per heavy atom. The normalized spacial score (nSPS) is 12.2. The lowest BCUT2D eigenvalue weighted by atomic mass is 9.78. The van der Waals surface area contributed by atoms with E-state index in [4.69, 9.17) is 5.73 Å². The van der Waals surface area contributed by atoms with Crippen molar-refractivity contribution in [3.8, 4) is 5.75 Å². The molecule has 128 valence electrons. The fourth-order valence-corrected chi connectivity index (χ4v) is 2.71. The highest BCUT2D eigenvalue weighted by molar-refractivity contribution is 6.09. The van der Waals surface area contributed by atoms with Crippen LogP contribution in [-0.4, -0.2) is 10.9 Å². The van der Waals surface area contributed by atoms with Gasteiger partial charge in [-0.3, -0.25) is 4.79 Å². The number of phenolic OH excluding ortho intramolecular Hbond substituents is 1. The second-order valence-electron chi connectivity index (χ2n) is 8.37. The molecule has 0 heterocycles. The third-order valence-electron chi connectivity index (χ3n) is 4.16. The van der Waals surface area contributed by atoms with E-state index in [9.17, 15) is 9.90 Å². The van der Waals surface area contributed by atoms with Gasteiger partial charge >= 0.3 is 0 Å². The number of phenols is 1. The topological polar surface area (TPSA) is 63.3 Å². The van der Waals surface area contributed by atoms with Gasteiger partial charge in [0.15, 0.2) is 5.78 Å². The minimum atomic E-state index is -0.262. The molecule has 0 aromatic heterocycles. The van der Waals surface area contributed by atoms with Crippen molar-refractivity contribution in [2.75, 3.05) is 5.73 Å². The Bertz CT molecular complexity index is 725. The van der Waals surface area contributed by atoms with Crippen molar-refractivity contribution in [3.05, 3.63) is 58.7 Å². The summed E-state index contributed by atoms with van der Waals surface area (Å²) >= 11 is 0. The first-order valence-electron chi connectivity index (χ1n) is 8.19. The van der Waals surface area contributed by atoms with Crippen molar-refractivity contribution in [1.29, 1.82) is 0 Å². The summed E-state index contributed by atoms with van der Waals surface area (Å²) in [6.45, 7) is 12.2. The molecule has 0 saturated heterocycles. The lowest BCUT2D eigenvalue weighted by Crippen LogP contribution is -2.19. The third-order valence-corrected chi connectivity index (χ3v) is 4.16. The Hall–Kier alpha value is -2.29. The van der Waals surface area contributed by atoms with Crippen LogP contribution in [0.1, 0.15) is 68.6 Å². The molecule has 0 amide bonds. The van der Waals surface area contributed by atoms with Crippen LogP contribution in [0.25, 0.3) is 0 Å². The molecule has 24 heavy (non-hydrogen) atoms. The monoisotopic (exact) mass is 325 g/mol. The first-order chi connectivity index (χ1) is 10.9. The Morgan fingerprint density at radius 2 is 1.25 bits per heavy atom. The van der Waals surface area contributed by atoms with Crippen LogP contribution in [-0.2, 0) is 10.8 Å². The fraction of sp³-hybridized carbons (Fsp3) is 0.381. The maximum absolute atomic E-state index is 12.9. The SMILES string of the molecule is CC(C)(C)c1cc(C(=O)c2ccc(N)cc2)cc(C(C)(C)C)c1O. The van der Waals surface area contributed by atoms with Gasteiger partial charge in [0, 0.05) is 27.9 Å². The molecule has 0 aliphatic carbocycles. The summed E-state index contributed by atoms with van der Waals surface area (Å²) in [7, 11) is 0. The molecule has 0 unspecified atom stereocenters. The summed E-state index contributed by atoms with van der Waals surface area (Å²) in [6, 6.07) is 10.5. The molecule has 0 aliphatic rings. The molecular weight excluding hydrogens is 298 g/mol. The highest BCUT2D eigenvalue weighted by atomic mass is 16.3. The van der Waals surface area contributed by atoms with Crippen molar-refractivity contribution < 1.29 is 9.90 Å². The van der Waals surface area contributed by atoms with E-state index in [0.29, 0.717) is 16.8 Å². The third kappa shape index (κ3) is 3.61. The van der Waals surface area contributed by atoms with Crippen LogP contribution >= 0.6 is 0 Å². The molecule has 2 aromatic carbocycles. The maximum atomic E-state index is 12.9. The summed E-state index contributed by atoms with van der Waals surface area (Å²) in [4.78, 5) is 12.9. The summed E-state index contributed by atoms with van der Waals surface area (Å²) in [5, 5.41) is 10.7. The summed E-state index contributed by atoms with van der Waals surface area (Å²) in [6.07, 6.45) is 0. The number of hydrogen-bond donors (Lipinski definition) is 2. The van der Waals surface area contributed by atoms with Crippen LogP contribution in [0.15, 0.2) is 36.4 Å². The Labute approximate surface area is 144 Å². The first kappa shape index (κ1) is 18.1. The lowest BCUT2D eigenvalue weighted by Gasteiger charge is -2.28. The maximum Gasteiger partial charge on any atom is 0.193 e. The van der Waals surface area contributed by atoms with Gasteiger partial charge in [-0.25, -0.2) is 0 Å². The van der Waals surface area contributed by atoms with Gasteiger partial charge in [0.25, 0.3) is 0 Å². The Balaban J connectivity index is 2.66. The minimum absolute atomic E-state index is 0.0639. The predicted octanol–water partition coefficient (Wildman–Crippen LogP) is 4.80. The molecule has 3 heteroatoms. The average molecular weight is 325 g/mol. The number of aromatic hydroxyl groups is 1. The second kappa shape index (κ2) is 5.97. The zero-order valence-electron chi connectivity index (χ0n) is 15.4. The molecule has 0 spiro atoms. The Kier molecular flexibility index (Phi) is 4.49. The highest BCUT2D eigenvalue weighted by Crippen LogP contribution is 2.40. The van der Waals surface area contributed by atoms with Crippen molar-refractivity contribution in [3.63, 3.8) is 0 Å². The van der Waals surface area contributed by atoms with Gasteiger partial charge in [0.1, 0.15) is 5.75 Å². The highest BCUT2D eigenvalue weighted by Gasteiger charge is 2.28. The lowest BCUT2D eigenvalue weighted by molar-refractivity contribution is 0.103. The van der Waals surface area contributed by atoms with Crippen LogP contribution in [0.3, 0.4) is 0 Å². The van der Waals surface area contributed by atoms with Gasteiger partial charge in [-0.05, 0) is 47.2 Å². The molecule has 0 fully saturated rings. The predicted molar refractivity (Wildman–Crippen MR) is 99.8 cm³/mol. The molecule has 2 aromatic rings. The van der Waals surface area contributed by atoms with Crippen LogP contribution in [0.4, 0.5) is 5.69 Å². The van der Waals surface area contributed by atoms with Gasteiger partial charge in [-0.2, -0.15) is 0 Å². The number of rotatable bonds is 2. The average Bonchev–Trinajstić information content (AvgIpc) is 2.45. The molecule has 0 atom stereocenters. The zero-order chi connectivity index (χ0) is 18.3.